The number of furan rings is 1. The van der Waals surface area contributed by atoms with Crippen molar-refractivity contribution in [1.29, 1.82) is 0 Å². The molecule has 9 heteroatoms. The van der Waals surface area contributed by atoms with Gasteiger partial charge in [-0.2, -0.15) is 0 Å². The molecule has 0 spiro atoms. The van der Waals surface area contributed by atoms with Gasteiger partial charge in [0, 0.05) is 17.7 Å². The molecule has 0 radical (unpaired) electrons. The molecular formula is C24H22FN3O4S. The minimum Gasteiger partial charge on any atom is -0.448 e. The average molecular weight is 468 g/mol. The number of hydrogen-bond acceptors (Lipinski definition) is 6. The molecular weight excluding hydrogens is 445 g/mol. The Balaban J connectivity index is 1.45. The Morgan fingerprint density at radius 1 is 1.30 bits per heavy atom. The molecule has 1 aliphatic rings. The number of aromatic nitrogens is 2. The molecule has 1 atom stereocenters. The minimum atomic E-state index is -0.384. The molecule has 2 aromatic heterocycles. The monoisotopic (exact) mass is 467 g/mol. The molecule has 5 rings (SSSR count). The van der Waals surface area contributed by atoms with Crippen molar-refractivity contribution in [2.45, 2.75) is 37.6 Å². The van der Waals surface area contributed by atoms with Crippen LogP contribution in [0, 0.1) is 12.7 Å². The van der Waals surface area contributed by atoms with E-state index in [0.717, 1.165) is 30.0 Å². The van der Waals surface area contributed by atoms with E-state index in [1.165, 1.54) is 10.6 Å². The van der Waals surface area contributed by atoms with Crippen molar-refractivity contribution in [3.8, 4) is 0 Å². The van der Waals surface area contributed by atoms with Crippen LogP contribution in [-0.4, -0.2) is 33.9 Å². The van der Waals surface area contributed by atoms with Gasteiger partial charge >= 0.3 is 0 Å². The number of para-hydroxylation sites is 1. The summed E-state index contributed by atoms with van der Waals surface area (Å²) < 4.78 is 26.9. The lowest BCUT2D eigenvalue weighted by atomic mass is 10.2. The van der Waals surface area contributed by atoms with Gasteiger partial charge in [0.25, 0.3) is 5.56 Å². The normalized spacial score (nSPS) is 16.0. The zero-order valence-electron chi connectivity index (χ0n) is 18.0. The summed E-state index contributed by atoms with van der Waals surface area (Å²) in [5, 5.41) is 3.85. The highest BCUT2D eigenvalue weighted by molar-refractivity contribution is 7.99. The van der Waals surface area contributed by atoms with Gasteiger partial charge < -0.3 is 14.5 Å². The van der Waals surface area contributed by atoms with Crippen molar-refractivity contribution < 1.29 is 18.3 Å². The van der Waals surface area contributed by atoms with Crippen LogP contribution < -0.4 is 10.9 Å². The Morgan fingerprint density at radius 3 is 2.94 bits per heavy atom. The molecule has 7 nitrogen and oxygen atoms in total. The highest BCUT2D eigenvalue weighted by atomic mass is 32.2. The zero-order valence-corrected chi connectivity index (χ0v) is 18.8. The number of nitrogens with zero attached hydrogens (tertiary/aromatic N) is 2. The third-order valence-electron chi connectivity index (χ3n) is 5.65. The molecule has 2 aromatic carbocycles. The smallest absolute Gasteiger partial charge is 0.297 e. The topological polar surface area (TPSA) is 86.4 Å². The minimum absolute atomic E-state index is 0.00868. The molecule has 1 aliphatic heterocycles. The quantitative estimate of drug-likeness (QED) is 0.332. The number of thioether (sulfide) groups is 1. The van der Waals surface area contributed by atoms with E-state index in [0.29, 0.717) is 40.7 Å². The van der Waals surface area contributed by atoms with E-state index in [9.17, 15) is 14.0 Å². The molecule has 0 aliphatic carbocycles. The number of aryl methyl sites for hydroxylation is 1. The maximum atomic E-state index is 13.8. The van der Waals surface area contributed by atoms with E-state index in [4.69, 9.17) is 14.1 Å². The first-order valence-electron chi connectivity index (χ1n) is 10.7. The number of halogens is 1. The summed E-state index contributed by atoms with van der Waals surface area (Å²) in [6.07, 6.45) is 1.71. The molecule has 0 saturated carbocycles. The largest absolute Gasteiger partial charge is 0.448 e. The van der Waals surface area contributed by atoms with E-state index in [1.54, 1.807) is 25.1 Å². The van der Waals surface area contributed by atoms with Crippen LogP contribution in [0.5, 0.6) is 0 Å². The summed E-state index contributed by atoms with van der Waals surface area (Å²) in [5.41, 5.74) is 1.84. The van der Waals surface area contributed by atoms with Gasteiger partial charge in [-0.05, 0) is 49.6 Å². The van der Waals surface area contributed by atoms with Crippen molar-refractivity contribution in [2.24, 2.45) is 0 Å². The molecule has 0 unspecified atom stereocenters. The summed E-state index contributed by atoms with van der Waals surface area (Å²) in [6.45, 7) is 2.66. The van der Waals surface area contributed by atoms with E-state index in [-0.39, 0.29) is 34.7 Å². The third-order valence-corrected chi connectivity index (χ3v) is 6.62. The molecule has 1 fully saturated rings. The van der Waals surface area contributed by atoms with Crippen LogP contribution in [0.25, 0.3) is 22.1 Å². The standard InChI is InChI=1S/C24H22FN3O4S/c1-14-8-9-15(11-18(14)25)26-20(29)13-33-24-27-21-17-6-2-3-7-19(17)32-22(21)23(30)28(24)12-16-5-4-10-31-16/h2-3,6-9,11,16H,4-5,10,12-13H2,1H3,(H,26,29)/t16-/m1/s1. The number of carbonyl (C=O) groups excluding carboxylic acids is 1. The van der Waals surface area contributed by atoms with Gasteiger partial charge in [0.2, 0.25) is 11.5 Å². The SMILES string of the molecule is Cc1ccc(NC(=O)CSc2nc3c(oc4ccccc43)c(=O)n2C[C@H]2CCCO2)cc1F. The number of fused-ring (bicyclic) bond motifs is 3. The fourth-order valence-corrected chi connectivity index (χ4v) is 4.72. The highest BCUT2D eigenvalue weighted by Gasteiger charge is 2.23. The summed E-state index contributed by atoms with van der Waals surface area (Å²) in [4.78, 5) is 30.6. The number of hydrogen-bond donors (Lipinski definition) is 1. The maximum Gasteiger partial charge on any atom is 0.297 e. The summed E-state index contributed by atoms with van der Waals surface area (Å²) in [7, 11) is 0. The third kappa shape index (κ3) is 4.38. The van der Waals surface area contributed by atoms with Crippen LogP contribution in [0.15, 0.2) is 56.8 Å². The van der Waals surface area contributed by atoms with E-state index >= 15 is 0 Å². The summed E-state index contributed by atoms with van der Waals surface area (Å²) >= 11 is 1.15. The fourth-order valence-electron chi connectivity index (χ4n) is 3.91. The number of benzene rings is 2. The van der Waals surface area contributed by atoms with Crippen LogP contribution >= 0.6 is 11.8 Å². The second-order valence-electron chi connectivity index (χ2n) is 8.02. The Morgan fingerprint density at radius 2 is 2.15 bits per heavy atom. The summed E-state index contributed by atoms with van der Waals surface area (Å²) in [6, 6.07) is 11.9. The molecule has 170 valence electrons. The van der Waals surface area contributed by atoms with Crippen LogP contribution in [0.2, 0.25) is 0 Å². The number of ether oxygens (including phenoxy) is 1. The zero-order chi connectivity index (χ0) is 22.9. The van der Waals surface area contributed by atoms with Gasteiger partial charge in [0.05, 0.1) is 18.4 Å². The van der Waals surface area contributed by atoms with Crippen LogP contribution in [0.3, 0.4) is 0 Å². The van der Waals surface area contributed by atoms with Crippen molar-refractivity contribution in [3.63, 3.8) is 0 Å². The van der Waals surface area contributed by atoms with Gasteiger partial charge in [-0.15, -0.1) is 0 Å². The lowest BCUT2D eigenvalue weighted by Gasteiger charge is -2.15. The lowest BCUT2D eigenvalue weighted by molar-refractivity contribution is -0.113. The van der Waals surface area contributed by atoms with Gasteiger partial charge in [0.1, 0.15) is 16.9 Å². The Hall–Kier alpha value is -3.17. The van der Waals surface area contributed by atoms with Crippen LogP contribution in [0.1, 0.15) is 18.4 Å². The van der Waals surface area contributed by atoms with Crippen molar-refractivity contribution in [2.75, 3.05) is 17.7 Å². The number of anilines is 1. The molecule has 1 N–H and O–H groups in total. The molecule has 4 aromatic rings. The molecule has 3 heterocycles. The number of nitrogens with one attached hydrogen (secondary N) is 1. The van der Waals surface area contributed by atoms with E-state index < -0.39 is 0 Å². The first-order valence-corrected chi connectivity index (χ1v) is 11.7. The molecule has 1 saturated heterocycles. The van der Waals surface area contributed by atoms with E-state index in [1.807, 2.05) is 18.2 Å². The Bertz CT molecular complexity index is 1410. The molecule has 33 heavy (non-hydrogen) atoms. The Labute approximate surface area is 192 Å². The second-order valence-corrected chi connectivity index (χ2v) is 8.96. The first-order chi connectivity index (χ1) is 16.0. The predicted molar refractivity (Wildman–Crippen MR) is 125 cm³/mol. The Kier molecular flexibility index (Phi) is 5.90. The summed E-state index contributed by atoms with van der Waals surface area (Å²) in [5.74, 6) is -0.697. The van der Waals surface area contributed by atoms with Gasteiger partial charge in [-0.25, -0.2) is 9.37 Å². The number of amides is 1. The van der Waals surface area contributed by atoms with Gasteiger partial charge in [-0.1, -0.05) is 30.0 Å². The van der Waals surface area contributed by atoms with Crippen LogP contribution in [0.4, 0.5) is 10.1 Å². The van der Waals surface area contributed by atoms with Gasteiger partial charge in [0.15, 0.2) is 5.16 Å². The molecule has 1 amide bonds. The lowest BCUT2D eigenvalue weighted by Crippen LogP contribution is -2.29. The van der Waals surface area contributed by atoms with Gasteiger partial charge in [-0.3, -0.25) is 14.2 Å². The maximum absolute atomic E-state index is 13.8. The highest BCUT2D eigenvalue weighted by Crippen LogP contribution is 2.28. The fraction of sp³-hybridized carbons (Fsp3) is 0.292. The van der Waals surface area contributed by atoms with Crippen molar-refractivity contribution in [1.82, 2.24) is 9.55 Å². The average Bonchev–Trinajstić information content (AvgIpc) is 3.45. The van der Waals surface area contributed by atoms with Crippen molar-refractivity contribution in [3.05, 3.63) is 64.2 Å². The molecule has 0 bridgehead atoms. The number of carbonyl (C=O) groups is 1. The predicted octanol–water partition coefficient (Wildman–Crippen LogP) is 4.50. The second kappa shape index (κ2) is 8.99. The van der Waals surface area contributed by atoms with Crippen molar-refractivity contribution >= 4 is 45.4 Å². The van der Waals surface area contributed by atoms with Crippen LogP contribution in [-0.2, 0) is 16.1 Å². The first kappa shape index (κ1) is 21.7. The van der Waals surface area contributed by atoms with E-state index in [2.05, 4.69) is 5.32 Å². The number of rotatable bonds is 6.